The zero-order valence-electron chi connectivity index (χ0n) is 12.5. The Labute approximate surface area is 122 Å². The summed E-state index contributed by atoms with van der Waals surface area (Å²) in [6.07, 6.45) is 8.24. The molecule has 1 aromatic heterocycles. The molecule has 0 bridgehead atoms. The van der Waals surface area contributed by atoms with Crippen LogP contribution in [0.5, 0.6) is 0 Å². The first-order valence-electron chi connectivity index (χ1n) is 7.63. The maximum absolute atomic E-state index is 4.48. The summed E-state index contributed by atoms with van der Waals surface area (Å²) in [5.41, 5.74) is 2.37. The van der Waals surface area contributed by atoms with Crippen LogP contribution < -0.4 is 5.32 Å². The van der Waals surface area contributed by atoms with Crippen LogP contribution in [0.25, 0.3) is 5.69 Å². The molecule has 0 amide bonds. The average molecular weight is 271 g/mol. The van der Waals surface area contributed by atoms with Gasteiger partial charge in [-0.1, -0.05) is 50.8 Å². The van der Waals surface area contributed by atoms with E-state index in [0.29, 0.717) is 6.04 Å². The molecule has 3 nitrogen and oxygen atoms in total. The number of benzene rings is 1. The quantitative estimate of drug-likeness (QED) is 0.732. The molecule has 0 saturated carbocycles. The average Bonchev–Trinajstić information content (AvgIpc) is 2.98. The number of unbranched alkanes of at least 4 members (excludes halogenated alkanes) is 3. The van der Waals surface area contributed by atoms with E-state index in [4.69, 9.17) is 0 Å². The van der Waals surface area contributed by atoms with Gasteiger partial charge in [-0.15, -0.1) is 0 Å². The molecule has 2 rings (SSSR count). The Balaban J connectivity index is 2.09. The molecule has 0 saturated heterocycles. The van der Waals surface area contributed by atoms with Crippen LogP contribution in [0.4, 0.5) is 0 Å². The Bertz CT molecular complexity index is 490. The van der Waals surface area contributed by atoms with E-state index in [9.17, 15) is 0 Å². The Hall–Kier alpha value is -1.61. The third-order valence-corrected chi connectivity index (χ3v) is 3.72. The van der Waals surface area contributed by atoms with E-state index in [2.05, 4.69) is 47.7 Å². The van der Waals surface area contributed by atoms with E-state index in [0.717, 1.165) is 12.1 Å². The summed E-state index contributed by atoms with van der Waals surface area (Å²) in [4.78, 5) is 0. The Morgan fingerprint density at radius 3 is 2.60 bits per heavy atom. The summed E-state index contributed by atoms with van der Waals surface area (Å²) in [5.74, 6) is 0. The minimum absolute atomic E-state index is 0.370. The van der Waals surface area contributed by atoms with Gasteiger partial charge in [0.25, 0.3) is 0 Å². The van der Waals surface area contributed by atoms with Gasteiger partial charge >= 0.3 is 0 Å². The number of nitrogens with zero attached hydrogens (tertiary/aromatic N) is 2. The number of para-hydroxylation sites is 1. The Morgan fingerprint density at radius 1 is 1.10 bits per heavy atom. The third kappa shape index (κ3) is 3.70. The van der Waals surface area contributed by atoms with Gasteiger partial charge in [-0.05, 0) is 31.7 Å². The first-order valence-corrected chi connectivity index (χ1v) is 7.63. The zero-order chi connectivity index (χ0) is 14.2. The van der Waals surface area contributed by atoms with Crippen LogP contribution in [0, 0.1) is 0 Å². The van der Waals surface area contributed by atoms with E-state index in [1.54, 1.807) is 0 Å². The highest BCUT2D eigenvalue weighted by Crippen LogP contribution is 2.22. The van der Waals surface area contributed by atoms with Gasteiger partial charge in [-0.2, -0.15) is 5.10 Å². The fourth-order valence-electron chi connectivity index (χ4n) is 2.58. The molecule has 0 aliphatic carbocycles. The van der Waals surface area contributed by atoms with E-state index >= 15 is 0 Å². The number of hydrogen-bond donors (Lipinski definition) is 1. The topological polar surface area (TPSA) is 29.9 Å². The lowest BCUT2D eigenvalue weighted by Crippen LogP contribution is -2.20. The van der Waals surface area contributed by atoms with Crippen molar-refractivity contribution in [2.24, 2.45) is 0 Å². The summed E-state index contributed by atoms with van der Waals surface area (Å²) >= 11 is 0. The van der Waals surface area contributed by atoms with Crippen molar-refractivity contribution in [1.29, 1.82) is 0 Å². The fraction of sp³-hybridized carbons (Fsp3) is 0.471. The summed E-state index contributed by atoms with van der Waals surface area (Å²) in [7, 11) is 2.03. The molecule has 1 unspecified atom stereocenters. The fourth-order valence-corrected chi connectivity index (χ4v) is 2.58. The van der Waals surface area contributed by atoms with E-state index in [1.165, 1.54) is 31.4 Å². The van der Waals surface area contributed by atoms with Crippen molar-refractivity contribution < 1.29 is 0 Å². The maximum atomic E-state index is 4.48. The van der Waals surface area contributed by atoms with Crippen LogP contribution in [0.2, 0.25) is 0 Å². The van der Waals surface area contributed by atoms with Gasteiger partial charge in [0.05, 0.1) is 11.4 Å². The van der Waals surface area contributed by atoms with Crippen molar-refractivity contribution >= 4 is 0 Å². The maximum Gasteiger partial charge on any atom is 0.0649 e. The van der Waals surface area contributed by atoms with Crippen molar-refractivity contribution in [2.45, 2.75) is 45.1 Å². The lowest BCUT2D eigenvalue weighted by molar-refractivity contribution is 0.485. The normalized spacial score (nSPS) is 12.5. The van der Waals surface area contributed by atoms with E-state index in [-0.39, 0.29) is 0 Å². The lowest BCUT2D eigenvalue weighted by Gasteiger charge is -2.18. The minimum Gasteiger partial charge on any atom is -0.312 e. The third-order valence-electron chi connectivity index (χ3n) is 3.72. The second kappa shape index (κ2) is 7.85. The van der Waals surface area contributed by atoms with Crippen molar-refractivity contribution in [3.8, 4) is 5.69 Å². The molecule has 0 radical (unpaired) electrons. The van der Waals surface area contributed by atoms with Gasteiger partial charge in [0, 0.05) is 12.2 Å². The van der Waals surface area contributed by atoms with Gasteiger partial charge in [0.1, 0.15) is 0 Å². The van der Waals surface area contributed by atoms with Crippen molar-refractivity contribution in [1.82, 2.24) is 15.1 Å². The molecule has 3 heteroatoms. The molecular formula is C17H25N3. The SMILES string of the molecule is CCCCCCC(NC)c1ccnn1-c1ccccc1. The summed E-state index contributed by atoms with van der Waals surface area (Å²) in [5, 5.41) is 7.91. The van der Waals surface area contributed by atoms with Crippen LogP contribution in [-0.4, -0.2) is 16.8 Å². The van der Waals surface area contributed by atoms with Crippen LogP contribution in [0.15, 0.2) is 42.6 Å². The highest BCUT2D eigenvalue weighted by Gasteiger charge is 2.14. The van der Waals surface area contributed by atoms with E-state index in [1.807, 2.05) is 24.0 Å². The molecule has 0 aliphatic rings. The monoisotopic (exact) mass is 271 g/mol. The number of aromatic nitrogens is 2. The smallest absolute Gasteiger partial charge is 0.0649 e. The predicted molar refractivity (Wildman–Crippen MR) is 84.1 cm³/mol. The van der Waals surface area contributed by atoms with Gasteiger partial charge in [0.2, 0.25) is 0 Å². The van der Waals surface area contributed by atoms with Gasteiger partial charge < -0.3 is 5.32 Å². The molecule has 108 valence electrons. The second-order valence-electron chi connectivity index (χ2n) is 5.19. The molecule has 1 aromatic carbocycles. The standard InChI is InChI=1S/C17H25N3/c1-3-4-5-9-12-16(18-2)17-13-14-19-20(17)15-10-7-6-8-11-15/h6-8,10-11,13-14,16,18H,3-5,9,12H2,1-2H3. The molecule has 1 atom stereocenters. The van der Waals surface area contributed by atoms with Crippen LogP contribution in [0.1, 0.15) is 50.8 Å². The lowest BCUT2D eigenvalue weighted by atomic mass is 10.0. The van der Waals surface area contributed by atoms with Crippen LogP contribution in [0.3, 0.4) is 0 Å². The molecule has 2 aromatic rings. The van der Waals surface area contributed by atoms with Crippen molar-refractivity contribution in [3.05, 3.63) is 48.3 Å². The molecule has 0 fully saturated rings. The zero-order valence-corrected chi connectivity index (χ0v) is 12.5. The highest BCUT2D eigenvalue weighted by molar-refractivity contribution is 5.33. The molecule has 0 aliphatic heterocycles. The van der Waals surface area contributed by atoms with Gasteiger partial charge in [-0.25, -0.2) is 4.68 Å². The number of nitrogens with one attached hydrogen (secondary N) is 1. The minimum atomic E-state index is 0.370. The first-order chi connectivity index (χ1) is 9.86. The molecule has 0 spiro atoms. The first kappa shape index (κ1) is 14.8. The van der Waals surface area contributed by atoms with Crippen LogP contribution in [-0.2, 0) is 0 Å². The van der Waals surface area contributed by atoms with Crippen LogP contribution >= 0.6 is 0 Å². The van der Waals surface area contributed by atoms with Crippen molar-refractivity contribution in [2.75, 3.05) is 7.05 Å². The Morgan fingerprint density at radius 2 is 1.90 bits per heavy atom. The van der Waals surface area contributed by atoms with Gasteiger partial charge in [0.15, 0.2) is 0 Å². The van der Waals surface area contributed by atoms with Gasteiger partial charge in [-0.3, -0.25) is 0 Å². The predicted octanol–water partition coefficient (Wildman–Crippen LogP) is 4.10. The summed E-state index contributed by atoms with van der Waals surface area (Å²) < 4.78 is 2.04. The molecule has 1 heterocycles. The number of hydrogen-bond acceptors (Lipinski definition) is 2. The molecule has 1 N–H and O–H groups in total. The highest BCUT2D eigenvalue weighted by atomic mass is 15.3. The largest absolute Gasteiger partial charge is 0.312 e. The van der Waals surface area contributed by atoms with E-state index < -0.39 is 0 Å². The Kier molecular flexibility index (Phi) is 5.81. The summed E-state index contributed by atoms with van der Waals surface area (Å²) in [6, 6.07) is 12.8. The van der Waals surface area contributed by atoms with Crippen molar-refractivity contribution in [3.63, 3.8) is 0 Å². The second-order valence-corrected chi connectivity index (χ2v) is 5.19. The summed E-state index contributed by atoms with van der Waals surface area (Å²) in [6.45, 7) is 2.25. The number of rotatable bonds is 8. The molecule has 20 heavy (non-hydrogen) atoms. The molecular weight excluding hydrogens is 246 g/mol.